The lowest BCUT2D eigenvalue weighted by Crippen LogP contribution is -2.59. The van der Waals surface area contributed by atoms with E-state index in [1.54, 1.807) is 48.7 Å². The van der Waals surface area contributed by atoms with Crippen LogP contribution in [0.2, 0.25) is 21.6 Å². The molecule has 0 saturated carbocycles. The lowest BCUT2D eigenvalue weighted by Gasteiger charge is -2.45. The van der Waals surface area contributed by atoms with Crippen LogP contribution < -0.4 is 15.1 Å². The summed E-state index contributed by atoms with van der Waals surface area (Å²) in [6.45, 7) is 23.1. The molecule has 1 fully saturated rings. The molecule has 3 aromatic heterocycles. The second-order valence-corrected chi connectivity index (χ2v) is 26.0. The number of ether oxygens (including phenoxy) is 1. The molecule has 2 aliphatic rings. The first-order valence-corrected chi connectivity index (χ1v) is 23.8. The molecule has 0 N–H and O–H groups in total. The highest BCUT2D eigenvalue weighted by molar-refractivity contribution is 7.99. The fourth-order valence-electron chi connectivity index (χ4n) is 9.43. The largest absolute Gasteiger partial charge is 0.444 e. The van der Waals surface area contributed by atoms with Crippen LogP contribution in [-0.2, 0) is 17.5 Å². The summed E-state index contributed by atoms with van der Waals surface area (Å²) in [6, 6.07) is 5.93. The summed E-state index contributed by atoms with van der Waals surface area (Å²) < 4.78 is 55.4. The van der Waals surface area contributed by atoms with Crippen LogP contribution in [0.25, 0.3) is 21.3 Å². The molecule has 304 valence electrons. The van der Waals surface area contributed by atoms with Gasteiger partial charge in [-0.2, -0.15) is 18.2 Å². The standard InChI is InChI=1S/C41H53ClF3N5O3S2Si/c1-22(2)56(23(3)4,24(5)6)37-31(42)16-32(55-37)33-30(41(43,44)45)15-29-34-35(33)54-21-28(27-13-12-14-46-17-27)20-49(34)38(51)47-36(29)48-18-25(7)50(26(8)19-48)39(52)53-40(9,10)11/h12-17,22-26,28H,18-21H2,1-11H3/t25-,26+,28-/m0/s1. The van der Waals surface area contributed by atoms with E-state index >= 15 is 13.2 Å². The molecule has 1 aromatic carbocycles. The Hall–Kier alpha value is -3.07. The van der Waals surface area contributed by atoms with Gasteiger partial charge in [0.2, 0.25) is 0 Å². The minimum Gasteiger partial charge on any atom is -0.444 e. The number of carbonyl (C=O) groups is 1. The number of thiophene rings is 1. The topological polar surface area (TPSA) is 80.6 Å². The van der Waals surface area contributed by atoms with Crippen molar-refractivity contribution in [1.29, 1.82) is 0 Å². The molecular formula is C41H53ClF3N5O3S2Si. The molecule has 0 bridgehead atoms. The number of hydrogen-bond donors (Lipinski definition) is 0. The maximum Gasteiger partial charge on any atom is 0.417 e. The Labute approximate surface area is 342 Å². The maximum atomic E-state index is 15.7. The zero-order valence-corrected chi connectivity index (χ0v) is 37.4. The molecule has 0 radical (unpaired) electrons. The van der Waals surface area contributed by atoms with Crippen LogP contribution in [-0.4, -0.2) is 70.1 Å². The van der Waals surface area contributed by atoms with Gasteiger partial charge in [0.05, 0.1) is 28.2 Å². The molecule has 5 heterocycles. The van der Waals surface area contributed by atoms with Crippen LogP contribution in [0.1, 0.15) is 93.2 Å². The number of pyridine rings is 1. The molecule has 3 atom stereocenters. The molecule has 1 saturated heterocycles. The Morgan fingerprint density at radius 3 is 2.16 bits per heavy atom. The first-order chi connectivity index (χ1) is 26.1. The monoisotopic (exact) mass is 847 g/mol. The Balaban J connectivity index is 1.62. The lowest BCUT2D eigenvalue weighted by molar-refractivity contribution is -0.137. The van der Waals surface area contributed by atoms with Crippen molar-refractivity contribution in [3.63, 3.8) is 0 Å². The highest BCUT2D eigenvalue weighted by Crippen LogP contribution is 2.52. The summed E-state index contributed by atoms with van der Waals surface area (Å²) in [4.78, 5) is 40.9. The van der Waals surface area contributed by atoms with Crippen molar-refractivity contribution in [3.05, 3.63) is 63.3 Å². The first kappa shape index (κ1) is 42.5. The van der Waals surface area contributed by atoms with Gasteiger partial charge in [0.25, 0.3) is 0 Å². The minimum absolute atomic E-state index is 0.0564. The lowest BCUT2D eigenvalue weighted by atomic mass is 9.99. The van der Waals surface area contributed by atoms with E-state index in [2.05, 4.69) is 51.5 Å². The quantitative estimate of drug-likeness (QED) is 0.171. The van der Waals surface area contributed by atoms with Gasteiger partial charge in [-0.25, -0.2) is 9.59 Å². The number of halogens is 4. The number of thioether (sulfide) groups is 1. The van der Waals surface area contributed by atoms with Crippen molar-refractivity contribution in [2.45, 2.75) is 134 Å². The van der Waals surface area contributed by atoms with Crippen molar-refractivity contribution in [3.8, 4) is 10.4 Å². The Bertz CT molecular complexity index is 2140. The molecule has 15 heteroatoms. The Morgan fingerprint density at radius 1 is 1.00 bits per heavy atom. The number of amides is 1. The van der Waals surface area contributed by atoms with Crippen LogP contribution >= 0.6 is 34.7 Å². The van der Waals surface area contributed by atoms with Crippen molar-refractivity contribution >= 4 is 70.1 Å². The van der Waals surface area contributed by atoms with E-state index in [1.165, 1.54) is 29.2 Å². The number of anilines is 1. The number of hydrogen-bond acceptors (Lipinski definition) is 8. The zero-order chi connectivity index (χ0) is 41.2. The van der Waals surface area contributed by atoms with Gasteiger partial charge in [-0.3, -0.25) is 14.5 Å². The third-order valence-electron chi connectivity index (χ3n) is 11.5. The van der Waals surface area contributed by atoms with Crippen molar-refractivity contribution in [2.24, 2.45) is 0 Å². The highest BCUT2D eigenvalue weighted by Gasteiger charge is 2.48. The average molecular weight is 849 g/mol. The molecular weight excluding hydrogens is 795 g/mol. The molecule has 4 aromatic rings. The third-order valence-corrected chi connectivity index (χ3v) is 22.5. The van der Waals surface area contributed by atoms with Crippen LogP contribution in [0, 0.1) is 0 Å². The zero-order valence-electron chi connectivity index (χ0n) is 34.0. The molecule has 8 nitrogen and oxygen atoms in total. The summed E-state index contributed by atoms with van der Waals surface area (Å²) in [5.74, 6) is 0.376. The van der Waals surface area contributed by atoms with Crippen LogP contribution in [0.5, 0.6) is 0 Å². The Morgan fingerprint density at radius 2 is 1.62 bits per heavy atom. The number of alkyl halides is 3. The summed E-state index contributed by atoms with van der Waals surface area (Å²) in [7, 11) is -2.36. The number of rotatable bonds is 7. The second-order valence-electron chi connectivity index (χ2n) is 17.3. The number of aromatic nitrogens is 3. The molecule has 1 amide bonds. The summed E-state index contributed by atoms with van der Waals surface area (Å²) in [5.41, 5.74) is 0.221. The molecule has 0 spiro atoms. The van der Waals surface area contributed by atoms with Gasteiger partial charge in [-0.1, -0.05) is 59.2 Å². The molecule has 56 heavy (non-hydrogen) atoms. The van der Waals surface area contributed by atoms with Crippen molar-refractivity contribution < 1.29 is 22.7 Å². The van der Waals surface area contributed by atoms with Gasteiger partial charge in [0.15, 0.2) is 0 Å². The molecule has 0 unspecified atom stereocenters. The van der Waals surface area contributed by atoms with Gasteiger partial charge in [-0.15, -0.1) is 23.1 Å². The predicted octanol–water partition coefficient (Wildman–Crippen LogP) is 10.8. The summed E-state index contributed by atoms with van der Waals surface area (Å²) in [5, 5.41) is 0.761. The smallest absolute Gasteiger partial charge is 0.417 e. The van der Waals surface area contributed by atoms with E-state index in [1.807, 2.05) is 30.9 Å². The second kappa shape index (κ2) is 15.6. The molecule has 2 aliphatic heterocycles. The third kappa shape index (κ3) is 7.64. The van der Waals surface area contributed by atoms with E-state index in [0.717, 1.165) is 10.1 Å². The number of piperazine rings is 1. The molecule has 0 aliphatic carbocycles. The summed E-state index contributed by atoms with van der Waals surface area (Å²) >= 11 is 9.90. The first-order valence-electron chi connectivity index (χ1n) is 19.4. The van der Waals surface area contributed by atoms with Gasteiger partial charge < -0.3 is 9.64 Å². The normalized spacial score (nSPS) is 19.7. The number of carbonyl (C=O) groups excluding carboxylic acids is 1. The van der Waals surface area contributed by atoms with Gasteiger partial charge >= 0.3 is 18.0 Å². The number of nitrogens with zero attached hydrogens (tertiary/aromatic N) is 5. The SMILES string of the molecule is CC(C)[Si](c1sc(-c2c(C(F)(F)F)cc3c(N4C[C@@H](C)N(C(=O)OC(C)(C)C)[C@@H](C)C4)nc(=O)n4c3c2SC[C@@H](c2cccnc2)C4)cc1Cl)(C(C)C)C(C)C. The van der Waals surface area contributed by atoms with Crippen LogP contribution in [0.4, 0.5) is 23.8 Å². The van der Waals surface area contributed by atoms with E-state index in [4.69, 9.17) is 16.3 Å². The van der Waals surface area contributed by atoms with E-state index in [0.29, 0.717) is 42.7 Å². The Kier molecular flexibility index (Phi) is 11.8. The highest BCUT2D eigenvalue weighted by atomic mass is 35.5. The van der Waals surface area contributed by atoms with Gasteiger partial charge in [-0.05, 0) is 75.0 Å². The molecule has 6 rings (SSSR count). The van der Waals surface area contributed by atoms with E-state index < -0.39 is 37.2 Å². The fraction of sp³-hybridized carbons (Fsp3) is 0.561. The van der Waals surface area contributed by atoms with E-state index in [9.17, 15) is 9.59 Å². The van der Waals surface area contributed by atoms with Crippen molar-refractivity contribution in [2.75, 3.05) is 23.7 Å². The minimum atomic E-state index is -4.75. The van der Waals surface area contributed by atoms with E-state index in [-0.39, 0.29) is 54.4 Å². The summed E-state index contributed by atoms with van der Waals surface area (Å²) in [6.07, 6.45) is -1.79. The van der Waals surface area contributed by atoms with Crippen LogP contribution in [0.3, 0.4) is 0 Å². The predicted molar refractivity (Wildman–Crippen MR) is 227 cm³/mol. The van der Waals surface area contributed by atoms with Crippen LogP contribution in [0.15, 0.2) is 46.3 Å². The van der Waals surface area contributed by atoms with Crippen molar-refractivity contribution in [1.82, 2.24) is 19.4 Å². The number of benzene rings is 1. The van der Waals surface area contributed by atoms with Gasteiger partial charge in [0.1, 0.15) is 19.5 Å². The fourth-order valence-corrected chi connectivity index (χ4v) is 21.7. The maximum absolute atomic E-state index is 15.7. The average Bonchev–Trinajstić information content (AvgIpc) is 3.33. The van der Waals surface area contributed by atoms with Gasteiger partial charge in [0, 0.05) is 68.9 Å².